The van der Waals surface area contributed by atoms with Crippen LogP contribution in [0.2, 0.25) is 0 Å². The molecule has 1 aromatic carbocycles. The molecule has 0 aromatic heterocycles. The molecule has 0 saturated carbocycles. The predicted molar refractivity (Wildman–Crippen MR) is 101 cm³/mol. The first-order chi connectivity index (χ1) is 14.1. The van der Waals surface area contributed by atoms with Gasteiger partial charge in [-0.25, -0.2) is 9.13 Å². The summed E-state index contributed by atoms with van der Waals surface area (Å²) in [5.74, 6) is 0. The number of allylic oxidation sites excluding steroid dienone is 2. The average molecular weight is 410 g/mol. The van der Waals surface area contributed by atoms with E-state index in [0.29, 0.717) is 12.8 Å². The van der Waals surface area contributed by atoms with Crippen molar-refractivity contribution in [1.29, 1.82) is 0 Å². The number of phosphoric acid groups is 2. The molecule has 1 unspecified atom stereocenters. The summed E-state index contributed by atoms with van der Waals surface area (Å²) in [6.45, 7) is 3.45. The predicted octanol–water partition coefficient (Wildman–Crippen LogP) is 4.00. The van der Waals surface area contributed by atoms with Crippen LogP contribution in [0.4, 0.5) is 5.69 Å². The second-order valence-electron chi connectivity index (χ2n) is 5.33. The minimum absolute atomic E-state index is 0.0259. The van der Waals surface area contributed by atoms with E-state index in [1.807, 2.05) is 13.0 Å². The van der Waals surface area contributed by atoms with Crippen molar-refractivity contribution in [2.45, 2.75) is 26.7 Å². The lowest BCUT2D eigenvalue weighted by Crippen LogP contribution is -2.02. The van der Waals surface area contributed by atoms with Gasteiger partial charge in [0.15, 0.2) is 0 Å². The van der Waals surface area contributed by atoms with Crippen molar-refractivity contribution in [3.05, 3.63) is 53.5 Å². The highest BCUT2D eigenvalue weighted by Gasteiger charge is 2.31. The molecule has 1 rings (SSSR count). The third kappa shape index (κ3) is 11.4. The zero-order valence-corrected chi connectivity index (χ0v) is 16.1. The van der Waals surface area contributed by atoms with Crippen LogP contribution in [0.5, 0.6) is 0 Å². The van der Waals surface area contributed by atoms with E-state index in [-0.39, 0.29) is 30.9 Å². The van der Waals surface area contributed by atoms with Crippen molar-refractivity contribution in [2.24, 2.45) is 0 Å². The number of benzene rings is 1. The van der Waals surface area contributed by atoms with Gasteiger partial charge in [0.05, 0.1) is 13.5 Å². The second kappa shape index (κ2) is 10.8. The van der Waals surface area contributed by atoms with Gasteiger partial charge in [0.2, 0.25) is 0 Å². The molecule has 0 fully saturated rings. The number of rotatable bonds is 11. The number of para-hydroxylation sites is 1. The van der Waals surface area contributed by atoms with Gasteiger partial charge in [-0.3, -0.25) is 4.52 Å². The highest BCUT2D eigenvalue weighted by molar-refractivity contribution is 7.60. The molecule has 8 nitrogen and oxygen atoms in total. The molecular formula is C16H25NO7P2. The molecule has 0 aliphatic rings. The molecular weight excluding hydrogens is 380 g/mol. The molecule has 0 saturated heterocycles. The summed E-state index contributed by atoms with van der Waals surface area (Å²) in [4.78, 5) is 26.2. The molecule has 146 valence electrons. The van der Waals surface area contributed by atoms with Crippen molar-refractivity contribution in [2.75, 3.05) is 18.5 Å². The van der Waals surface area contributed by atoms with Crippen LogP contribution < -0.4 is 5.32 Å². The zero-order valence-electron chi connectivity index (χ0n) is 19.4. The molecule has 0 aliphatic carbocycles. The minimum Gasteiger partial charge on any atom is -0.381 e. The smallest absolute Gasteiger partial charge is 0.381 e. The Balaban J connectivity index is 2.56. The molecule has 10 heteroatoms. The van der Waals surface area contributed by atoms with Crippen LogP contribution in [0.3, 0.4) is 0 Å². The van der Waals surface area contributed by atoms with E-state index in [1.165, 1.54) is 6.08 Å². The largest absolute Gasteiger partial charge is 0.481 e. The van der Waals surface area contributed by atoms with E-state index in [4.69, 9.17) is 21.5 Å². The molecule has 0 bridgehead atoms. The zero-order chi connectivity index (χ0) is 24.0. The number of anilines is 1. The van der Waals surface area contributed by atoms with Gasteiger partial charge in [-0.05, 0) is 38.8 Å². The molecule has 0 heterocycles. The standard InChI is InChI=1S/C16H25NO7P2/c1-14(11-12-23-26(21,22)24-25(18,19)20)7-6-8-15(2)13-17-16-9-4-3-5-10-16/h3-5,8-11,17H,6-7,12-13H2,1-2H3,(H,21,22)(H2,18,19,20)/b14-11+,15-8+/i3D,4D,5D,9D,10D. The quantitative estimate of drug-likeness (QED) is 0.319. The summed E-state index contributed by atoms with van der Waals surface area (Å²) in [6.07, 6.45) is 4.50. The molecule has 26 heavy (non-hydrogen) atoms. The summed E-state index contributed by atoms with van der Waals surface area (Å²) in [6, 6.07) is -1.88. The Kier molecular flexibility index (Phi) is 6.56. The van der Waals surface area contributed by atoms with Gasteiger partial charge in [-0.2, -0.15) is 4.31 Å². The number of phosphoric ester groups is 1. The molecule has 4 N–H and O–H groups in total. The van der Waals surface area contributed by atoms with Gasteiger partial charge in [-0.1, -0.05) is 41.4 Å². The maximum absolute atomic E-state index is 11.3. The maximum atomic E-state index is 11.3. The summed E-state index contributed by atoms with van der Waals surface area (Å²) in [5, 5.41) is 2.86. The van der Waals surface area contributed by atoms with Crippen LogP contribution in [0.15, 0.2) is 53.5 Å². The van der Waals surface area contributed by atoms with Crippen LogP contribution in [0, 0.1) is 0 Å². The van der Waals surface area contributed by atoms with Crippen LogP contribution in [-0.4, -0.2) is 27.8 Å². The van der Waals surface area contributed by atoms with Crippen molar-refractivity contribution < 1.29 is 39.5 Å². The van der Waals surface area contributed by atoms with Crippen LogP contribution in [0.25, 0.3) is 0 Å². The summed E-state index contributed by atoms with van der Waals surface area (Å²) < 4.78 is 68.6. The maximum Gasteiger partial charge on any atom is 0.481 e. The Hall–Kier alpha value is -1.24. The summed E-state index contributed by atoms with van der Waals surface area (Å²) >= 11 is 0. The van der Waals surface area contributed by atoms with Crippen molar-refractivity contribution in [3.63, 3.8) is 0 Å². The van der Waals surface area contributed by atoms with Gasteiger partial charge >= 0.3 is 15.6 Å². The first-order valence-corrected chi connectivity index (χ1v) is 10.5. The van der Waals surface area contributed by atoms with E-state index in [2.05, 4.69) is 14.2 Å². The first kappa shape index (κ1) is 15.8. The van der Waals surface area contributed by atoms with Gasteiger partial charge in [-0.15, -0.1) is 0 Å². The first-order valence-electron chi connectivity index (χ1n) is 10.0. The highest BCUT2D eigenvalue weighted by atomic mass is 31.3. The topological polar surface area (TPSA) is 125 Å². The van der Waals surface area contributed by atoms with Crippen molar-refractivity contribution in [1.82, 2.24) is 0 Å². The van der Waals surface area contributed by atoms with Gasteiger partial charge in [0.25, 0.3) is 0 Å². The van der Waals surface area contributed by atoms with Crippen LogP contribution in [0.1, 0.15) is 33.5 Å². The Morgan fingerprint density at radius 1 is 1.15 bits per heavy atom. The van der Waals surface area contributed by atoms with Crippen LogP contribution in [-0.2, 0) is 18.0 Å². The van der Waals surface area contributed by atoms with Crippen molar-refractivity contribution in [3.8, 4) is 0 Å². The third-order valence-electron chi connectivity index (χ3n) is 2.95. The van der Waals surface area contributed by atoms with Crippen molar-refractivity contribution >= 4 is 21.3 Å². The Labute approximate surface area is 160 Å². The van der Waals surface area contributed by atoms with Crippen LogP contribution >= 0.6 is 15.6 Å². The third-order valence-corrected chi connectivity index (χ3v) is 5.11. The fourth-order valence-corrected chi connectivity index (χ4v) is 3.25. The molecule has 1 aromatic rings. The average Bonchev–Trinajstić information content (AvgIpc) is 2.62. The van der Waals surface area contributed by atoms with E-state index in [0.717, 1.165) is 11.1 Å². The second-order valence-corrected chi connectivity index (χ2v) is 8.16. The van der Waals surface area contributed by atoms with Gasteiger partial charge < -0.3 is 20.0 Å². The Morgan fingerprint density at radius 2 is 1.81 bits per heavy atom. The Bertz CT molecular complexity index is 935. The molecule has 0 radical (unpaired) electrons. The minimum atomic E-state index is -5.15. The lowest BCUT2D eigenvalue weighted by atomic mass is 10.1. The summed E-state index contributed by atoms with van der Waals surface area (Å²) in [5.41, 5.74) is 1.68. The SMILES string of the molecule is [2H]c1c([2H])c([2H])c(NC/C(C)=C/CC/C(C)=C/COP(=O)(O)OP(=O)(O)O)c([2H])c1[2H]. The Morgan fingerprint density at radius 3 is 2.42 bits per heavy atom. The number of hydrogen-bond acceptors (Lipinski definition) is 5. The monoisotopic (exact) mass is 410 g/mol. The van der Waals surface area contributed by atoms with Gasteiger partial charge in [0.1, 0.15) is 0 Å². The highest BCUT2D eigenvalue weighted by Crippen LogP contribution is 2.57. The molecule has 1 atom stereocenters. The molecule has 0 amide bonds. The van der Waals surface area contributed by atoms with E-state index in [9.17, 15) is 9.13 Å². The van der Waals surface area contributed by atoms with Gasteiger partial charge in [0, 0.05) is 12.2 Å². The molecule has 0 spiro atoms. The normalized spacial score (nSPS) is 18.3. The lowest BCUT2D eigenvalue weighted by molar-refractivity contribution is 0.191. The summed E-state index contributed by atoms with van der Waals surface area (Å²) in [7, 11) is -10.0. The van der Waals surface area contributed by atoms with E-state index < -0.39 is 33.8 Å². The number of hydrogen-bond donors (Lipinski definition) is 4. The van der Waals surface area contributed by atoms with E-state index in [1.54, 1.807) is 6.92 Å². The fraction of sp³-hybridized carbons (Fsp3) is 0.375. The number of nitrogens with one attached hydrogen (secondary N) is 1. The molecule has 0 aliphatic heterocycles. The fourth-order valence-electron chi connectivity index (χ4n) is 1.72. The lowest BCUT2D eigenvalue weighted by Gasteiger charge is -2.11. The van der Waals surface area contributed by atoms with E-state index >= 15 is 0 Å².